The average Bonchev–Trinajstić information content (AvgIpc) is 2.49. The number of halogens is 2. The molecule has 0 atom stereocenters. The van der Waals surface area contributed by atoms with E-state index >= 15 is 0 Å². The minimum atomic E-state index is -0.451. The lowest BCUT2D eigenvalue weighted by molar-refractivity contribution is -0.385. The number of nitro groups is 1. The van der Waals surface area contributed by atoms with Crippen LogP contribution in [0.4, 0.5) is 5.69 Å². The minimum absolute atomic E-state index is 0. The minimum Gasteiger partial charge on any atom is -0.339 e. The highest BCUT2D eigenvalue weighted by atomic mass is 35.5. The van der Waals surface area contributed by atoms with Gasteiger partial charge in [0.2, 0.25) is 5.91 Å². The maximum absolute atomic E-state index is 12.2. The van der Waals surface area contributed by atoms with E-state index in [1.807, 2.05) is 4.90 Å². The number of likely N-dealkylation sites (N-methyl/N-ethyl adjacent to an activating group) is 1. The van der Waals surface area contributed by atoms with Crippen LogP contribution in [0, 0.1) is 10.1 Å². The van der Waals surface area contributed by atoms with E-state index in [2.05, 4.69) is 5.32 Å². The quantitative estimate of drug-likeness (QED) is 0.634. The van der Waals surface area contributed by atoms with Gasteiger partial charge in [-0.05, 0) is 19.2 Å². The Balaban J connectivity index is 0.00000264. The van der Waals surface area contributed by atoms with E-state index in [1.54, 1.807) is 24.1 Å². The molecule has 1 N–H and O–H groups in total. The van der Waals surface area contributed by atoms with Crippen molar-refractivity contribution in [3.63, 3.8) is 0 Å². The molecular weight excluding hydrogens is 343 g/mol. The van der Waals surface area contributed by atoms with Crippen LogP contribution < -0.4 is 5.32 Å². The van der Waals surface area contributed by atoms with Gasteiger partial charge in [-0.1, -0.05) is 11.6 Å². The summed E-state index contributed by atoms with van der Waals surface area (Å²) in [5.41, 5.74) is 0.527. The van der Waals surface area contributed by atoms with Gasteiger partial charge >= 0.3 is 0 Å². The highest BCUT2D eigenvalue weighted by molar-refractivity contribution is 6.30. The molecule has 0 spiro atoms. The second kappa shape index (κ2) is 9.02. The lowest BCUT2D eigenvalue weighted by Gasteiger charge is -2.29. The summed E-state index contributed by atoms with van der Waals surface area (Å²) in [5, 5.41) is 14.6. The predicted octanol–water partition coefficient (Wildman–Crippen LogP) is 1.53. The zero-order valence-corrected chi connectivity index (χ0v) is 14.4. The number of amides is 1. The summed E-state index contributed by atoms with van der Waals surface area (Å²) in [5.74, 6) is 0.0422. The van der Waals surface area contributed by atoms with Crippen LogP contribution in [0.15, 0.2) is 18.2 Å². The van der Waals surface area contributed by atoms with Gasteiger partial charge in [-0.3, -0.25) is 19.8 Å². The normalized spacial score (nSPS) is 14.5. The molecule has 9 heteroatoms. The van der Waals surface area contributed by atoms with Crippen LogP contribution >= 0.6 is 24.0 Å². The first kappa shape index (κ1) is 19.6. The largest absolute Gasteiger partial charge is 0.339 e. The van der Waals surface area contributed by atoms with Crippen LogP contribution in [-0.2, 0) is 11.3 Å². The molecule has 0 unspecified atom stereocenters. The molecule has 1 heterocycles. The van der Waals surface area contributed by atoms with Crippen molar-refractivity contribution in [2.75, 3.05) is 39.8 Å². The summed E-state index contributed by atoms with van der Waals surface area (Å²) in [7, 11) is 1.78. The molecule has 7 nitrogen and oxygen atoms in total. The number of hydrogen-bond donors (Lipinski definition) is 1. The number of nitrogens with zero attached hydrogens (tertiary/aromatic N) is 3. The van der Waals surface area contributed by atoms with Gasteiger partial charge in [-0.2, -0.15) is 0 Å². The summed E-state index contributed by atoms with van der Waals surface area (Å²) >= 11 is 5.80. The van der Waals surface area contributed by atoms with E-state index in [9.17, 15) is 14.9 Å². The van der Waals surface area contributed by atoms with Crippen LogP contribution in [0.25, 0.3) is 0 Å². The monoisotopic (exact) mass is 362 g/mol. The lowest BCUT2D eigenvalue weighted by Crippen LogP contribution is -2.49. The molecule has 23 heavy (non-hydrogen) atoms. The molecule has 1 aliphatic heterocycles. The van der Waals surface area contributed by atoms with Crippen molar-refractivity contribution in [3.8, 4) is 0 Å². The number of rotatable bonds is 5. The fourth-order valence-electron chi connectivity index (χ4n) is 2.43. The Morgan fingerprint density at radius 1 is 1.43 bits per heavy atom. The summed E-state index contributed by atoms with van der Waals surface area (Å²) in [6, 6.07) is 4.59. The third-order valence-electron chi connectivity index (χ3n) is 3.56. The molecule has 0 saturated carbocycles. The SMILES string of the molecule is CN(CC(=O)N1CCNCC1)Cc1ccc(Cl)cc1[N+](=O)[O-].Cl. The summed E-state index contributed by atoms with van der Waals surface area (Å²) < 4.78 is 0. The van der Waals surface area contributed by atoms with E-state index in [4.69, 9.17) is 11.6 Å². The van der Waals surface area contributed by atoms with Gasteiger partial charge in [0.15, 0.2) is 0 Å². The lowest BCUT2D eigenvalue weighted by atomic mass is 10.1. The Hall–Kier alpha value is -1.41. The number of carbonyl (C=O) groups is 1. The highest BCUT2D eigenvalue weighted by Crippen LogP contribution is 2.24. The fraction of sp³-hybridized carbons (Fsp3) is 0.500. The number of nitrogens with one attached hydrogen (secondary N) is 1. The van der Waals surface area contributed by atoms with Crippen LogP contribution in [-0.4, -0.2) is 60.4 Å². The van der Waals surface area contributed by atoms with Crippen LogP contribution in [0.5, 0.6) is 0 Å². The molecule has 1 fully saturated rings. The van der Waals surface area contributed by atoms with Gasteiger partial charge < -0.3 is 10.2 Å². The Morgan fingerprint density at radius 2 is 2.09 bits per heavy atom. The van der Waals surface area contributed by atoms with Crippen molar-refractivity contribution >= 4 is 35.6 Å². The van der Waals surface area contributed by atoms with E-state index in [0.29, 0.717) is 30.2 Å². The maximum Gasteiger partial charge on any atom is 0.275 e. The first-order valence-corrected chi connectivity index (χ1v) is 7.45. The first-order valence-electron chi connectivity index (χ1n) is 7.07. The molecule has 1 aliphatic rings. The number of carbonyl (C=O) groups excluding carboxylic acids is 1. The topological polar surface area (TPSA) is 78.7 Å². The second-order valence-corrected chi connectivity index (χ2v) is 5.77. The van der Waals surface area contributed by atoms with Crippen molar-refractivity contribution in [2.24, 2.45) is 0 Å². The molecule has 1 aromatic carbocycles. The van der Waals surface area contributed by atoms with Gasteiger partial charge in [0.05, 0.1) is 11.5 Å². The Kier molecular flexibility index (Phi) is 7.70. The van der Waals surface area contributed by atoms with Crippen LogP contribution in [0.1, 0.15) is 5.56 Å². The molecular formula is C14H20Cl2N4O3. The average molecular weight is 363 g/mol. The summed E-state index contributed by atoms with van der Waals surface area (Å²) in [4.78, 5) is 26.4. The first-order chi connectivity index (χ1) is 10.5. The number of piperazine rings is 1. The van der Waals surface area contributed by atoms with Crippen LogP contribution in [0.3, 0.4) is 0 Å². The fourth-order valence-corrected chi connectivity index (χ4v) is 2.60. The summed E-state index contributed by atoms with van der Waals surface area (Å²) in [6.45, 7) is 3.57. The van der Waals surface area contributed by atoms with Gasteiger partial charge in [-0.15, -0.1) is 12.4 Å². The van der Waals surface area contributed by atoms with Crippen molar-refractivity contribution in [1.82, 2.24) is 15.1 Å². The zero-order valence-electron chi connectivity index (χ0n) is 12.8. The van der Waals surface area contributed by atoms with Gasteiger partial charge in [0.25, 0.3) is 5.69 Å². The Labute approximate surface area is 146 Å². The predicted molar refractivity (Wildman–Crippen MR) is 91.1 cm³/mol. The molecule has 0 bridgehead atoms. The van der Waals surface area contributed by atoms with E-state index in [-0.39, 0.29) is 30.5 Å². The maximum atomic E-state index is 12.2. The third kappa shape index (κ3) is 5.62. The van der Waals surface area contributed by atoms with Crippen molar-refractivity contribution in [2.45, 2.75) is 6.54 Å². The van der Waals surface area contributed by atoms with Crippen molar-refractivity contribution in [3.05, 3.63) is 38.9 Å². The molecule has 0 radical (unpaired) electrons. The molecule has 2 rings (SSSR count). The number of hydrogen-bond acceptors (Lipinski definition) is 5. The van der Waals surface area contributed by atoms with Gasteiger partial charge in [0, 0.05) is 49.4 Å². The van der Waals surface area contributed by atoms with Gasteiger partial charge in [-0.25, -0.2) is 0 Å². The highest BCUT2D eigenvalue weighted by Gasteiger charge is 2.20. The molecule has 128 valence electrons. The van der Waals surface area contributed by atoms with E-state index < -0.39 is 4.92 Å². The van der Waals surface area contributed by atoms with Crippen molar-refractivity contribution in [1.29, 1.82) is 0 Å². The van der Waals surface area contributed by atoms with Gasteiger partial charge in [0.1, 0.15) is 0 Å². The molecule has 0 aliphatic carbocycles. The molecule has 1 saturated heterocycles. The molecule has 1 amide bonds. The molecule has 1 aromatic rings. The van der Waals surface area contributed by atoms with E-state index in [1.165, 1.54) is 6.07 Å². The zero-order chi connectivity index (χ0) is 16.1. The van der Waals surface area contributed by atoms with Crippen LogP contribution in [0.2, 0.25) is 5.02 Å². The number of nitro benzene ring substituents is 1. The Bertz CT molecular complexity index is 565. The Morgan fingerprint density at radius 3 is 2.70 bits per heavy atom. The van der Waals surface area contributed by atoms with Crippen molar-refractivity contribution < 1.29 is 9.72 Å². The number of benzene rings is 1. The smallest absolute Gasteiger partial charge is 0.275 e. The second-order valence-electron chi connectivity index (χ2n) is 5.33. The molecule has 0 aromatic heterocycles. The standard InChI is InChI=1S/C14H19ClN4O3.ClH/c1-17(10-14(20)18-6-4-16-5-7-18)9-11-2-3-12(15)8-13(11)19(21)22;/h2-3,8,16H,4-7,9-10H2,1H3;1H. The van der Waals surface area contributed by atoms with E-state index in [0.717, 1.165) is 13.1 Å². The summed E-state index contributed by atoms with van der Waals surface area (Å²) in [6.07, 6.45) is 0. The third-order valence-corrected chi connectivity index (χ3v) is 3.79.